The maximum atomic E-state index is 12.7. The van der Waals surface area contributed by atoms with Gasteiger partial charge in [-0.15, -0.1) is 0 Å². The minimum Gasteiger partial charge on any atom is -0.464 e. The van der Waals surface area contributed by atoms with Crippen LogP contribution in [-0.4, -0.2) is 181 Å². The number of anilines is 5. The van der Waals surface area contributed by atoms with Gasteiger partial charge in [0.05, 0.1) is 35.3 Å². The monoisotopic (exact) mass is 1580 g/mol. The van der Waals surface area contributed by atoms with E-state index in [1.165, 1.54) is 12.6 Å². The molecule has 586 valence electrons. The molecule has 0 radical (unpaired) electrons. The highest BCUT2D eigenvalue weighted by Gasteiger charge is 2.61. The number of ether oxygens (including phenoxy) is 2. The number of aromatic nitrogens is 16. The number of esters is 2. The zero-order valence-electron chi connectivity index (χ0n) is 63.0. The number of nitro groups is 2. The minimum absolute atomic E-state index is 0.0189. The van der Waals surface area contributed by atoms with Crippen LogP contribution in [0.25, 0.3) is 63.4 Å². The van der Waals surface area contributed by atoms with Gasteiger partial charge in [-0.1, -0.05) is 121 Å². The number of ketones is 1. The summed E-state index contributed by atoms with van der Waals surface area (Å²) in [5.74, 6) is 8.33. The highest BCUT2D eigenvalue weighted by molar-refractivity contribution is 6.28. The Labute approximate surface area is 667 Å². The van der Waals surface area contributed by atoms with Crippen LogP contribution in [-0.2, 0) is 35.1 Å². The van der Waals surface area contributed by atoms with Gasteiger partial charge in [-0.2, -0.15) is 19.9 Å². The maximum Gasteiger partial charge on any atom is 0.329 e. The van der Waals surface area contributed by atoms with Crippen molar-refractivity contribution >= 4 is 75.6 Å². The Morgan fingerprint density at radius 2 is 0.888 bits per heavy atom. The number of carbonyl (C=O) groups is 4. The van der Waals surface area contributed by atoms with Crippen molar-refractivity contribution in [1.29, 1.82) is 0 Å². The van der Waals surface area contributed by atoms with E-state index in [0.717, 1.165) is 101 Å². The van der Waals surface area contributed by atoms with Crippen molar-refractivity contribution in [2.45, 2.75) is 120 Å². The van der Waals surface area contributed by atoms with E-state index in [0.29, 0.717) is 78.5 Å². The molecule has 1 N–H and O–H groups in total. The summed E-state index contributed by atoms with van der Waals surface area (Å²) in [5.41, 5.74) is 5.28. The molecule has 12 atom stereocenters. The molecule has 10 aliphatic rings. The zero-order chi connectivity index (χ0) is 79.6. The van der Waals surface area contributed by atoms with Crippen molar-refractivity contribution in [2.75, 3.05) is 44.8 Å². The fourth-order valence-electron chi connectivity index (χ4n) is 17.1. The molecule has 34 heteroatoms. The van der Waals surface area contributed by atoms with Crippen molar-refractivity contribution in [3.8, 4) is 63.4 Å². The smallest absolute Gasteiger partial charge is 0.329 e. The Morgan fingerprint density at radius 3 is 1.36 bits per heavy atom. The summed E-state index contributed by atoms with van der Waals surface area (Å²) in [4.78, 5) is 137. The normalized spacial score (nSPS) is 23.1. The highest BCUT2D eigenvalue weighted by Crippen LogP contribution is 2.56. The number of rotatable bonds is 15. The summed E-state index contributed by atoms with van der Waals surface area (Å²) >= 11 is 5.76. The molecule has 4 saturated carbocycles. The fourth-order valence-corrected chi connectivity index (χ4v) is 17.3. The van der Waals surface area contributed by atoms with E-state index in [1.807, 2.05) is 162 Å². The van der Waals surface area contributed by atoms with Gasteiger partial charge in [-0.3, -0.25) is 43.5 Å². The van der Waals surface area contributed by atoms with Crippen LogP contribution < -0.4 is 24.5 Å². The average Bonchev–Trinajstić information content (AvgIpc) is 1.54. The number of fused-ring (bicyclic) bond motifs is 12. The highest BCUT2D eigenvalue weighted by atomic mass is 35.5. The number of benzene rings is 4. The second-order valence-electron chi connectivity index (χ2n) is 29.8. The SMILES string of the molecule is CCOC(=O)[C@H]1CC2CC2N1c1nc(-n2ccnc2-c2ccccc2)ncc1[N+](=O)[O-].CCOC(=O)[C@H]1CC2CC2N1c1nc(Cl)ncc1[N+](=O)[O-].CN1C(=O)C2CC3CC3N2c2nc(-n3ccnc3-c3ccccc3)ncc21.O=C1Cc2cnc(-n3ccnc3-c3ccccc3)nc2N2C1CC1CC12.c1ccc(-c2ncc[nH]2)cc1. The number of amides is 1. The van der Waals surface area contributed by atoms with Gasteiger partial charge in [0, 0.05) is 121 Å². The van der Waals surface area contributed by atoms with Gasteiger partial charge in [0.15, 0.2) is 11.6 Å². The van der Waals surface area contributed by atoms with Crippen molar-refractivity contribution in [1.82, 2.24) is 78.5 Å². The third-order valence-electron chi connectivity index (χ3n) is 22.9. The van der Waals surface area contributed by atoms with Gasteiger partial charge in [0.1, 0.15) is 65.3 Å². The van der Waals surface area contributed by atoms with Crippen LogP contribution in [0.2, 0.25) is 5.28 Å². The Bertz CT molecular complexity index is 5730. The third-order valence-corrected chi connectivity index (χ3v) is 23.0. The summed E-state index contributed by atoms with van der Waals surface area (Å²) in [5, 5.41) is 22.8. The lowest BCUT2D eigenvalue weighted by molar-refractivity contribution is -0.384. The van der Waals surface area contributed by atoms with Crippen molar-refractivity contribution in [2.24, 2.45) is 23.7 Å². The third kappa shape index (κ3) is 14.1. The molecule has 22 rings (SSSR count). The fraction of sp³-hybridized carbons (Fsp3) is 0.317. The van der Waals surface area contributed by atoms with Gasteiger partial charge >= 0.3 is 23.3 Å². The molecule has 1 amide bonds. The van der Waals surface area contributed by atoms with E-state index in [1.54, 1.807) is 70.3 Å². The number of hydrogen-bond acceptors (Lipinski definition) is 26. The number of nitrogens with zero attached hydrogens (tertiary/aromatic N) is 22. The summed E-state index contributed by atoms with van der Waals surface area (Å²) in [6, 6.07) is 39.5. The van der Waals surface area contributed by atoms with Gasteiger partial charge in [-0.05, 0) is 100 Å². The number of carbonyl (C=O) groups excluding carboxylic acids is 4. The molecule has 4 aromatic carbocycles. The Morgan fingerprint density at radius 1 is 0.474 bits per heavy atom. The van der Waals surface area contributed by atoms with Crippen molar-refractivity contribution < 1.29 is 38.5 Å². The van der Waals surface area contributed by atoms with Gasteiger partial charge in [0.2, 0.25) is 40.7 Å². The molecule has 10 unspecified atom stereocenters. The average molecular weight is 1580 g/mol. The molecule has 8 aromatic heterocycles. The van der Waals surface area contributed by atoms with Crippen LogP contribution in [0.1, 0.15) is 70.8 Å². The number of Topliss-reactive ketones (excluding diaryl/α,β-unsaturated/α-hetero) is 1. The predicted molar refractivity (Wildman–Crippen MR) is 425 cm³/mol. The number of halogens is 1. The van der Waals surface area contributed by atoms with E-state index in [4.69, 9.17) is 31.0 Å². The van der Waals surface area contributed by atoms with E-state index in [2.05, 4.69) is 64.6 Å². The standard InChI is InChI=1S/C21H20N6O4.C20H18N6O.C20H17N5O.C12H13ClN4O4.C9H8N2/c1-2-31-20(28)16-11-14-10-15(14)26(16)19-17(27(29)30)12-23-21(24-19)25-9-8-22-18(25)13-6-4-3-5-7-13;1-24-16-11-22-20(25-8-7-21-17(25)12-5-3-2-4-6-12)23-18(16)26-14-9-13(14)10-15(26)19(24)27;26-17-10-14-11-22-20(23-19(14)25-15-8-13(15)9-16(17)25)24-7-6-21-18(24)12-4-2-1-3-5-12;1-2-21-11(18)8-4-6-3-7(6)16(8)10-9(17(19)20)5-14-12(13)15-10;1-2-4-8(5-3-1)9-10-6-7-11-9/h3-9,12,14-16H,2,10-11H2,1H3;2-8,11,13-15H,9-10H2,1H3;1-7,11,13,15-16H,8-10H2;5-8H,2-4H2,1H3;1-7H,(H,10,11)/t14?,15?,16-;;;6?,7?,8-;/m1..1./s1. The molecule has 0 spiro atoms. The van der Waals surface area contributed by atoms with Gasteiger partial charge in [0.25, 0.3) is 0 Å². The predicted octanol–water partition coefficient (Wildman–Crippen LogP) is 11.1. The van der Waals surface area contributed by atoms with Crippen LogP contribution in [0.3, 0.4) is 0 Å². The molecule has 8 fully saturated rings. The van der Waals surface area contributed by atoms with E-state index in [-0.39, 0.29) is 89.5 Å². The number of likely N-dealkylation sites (N-methyl/N-ethyl adjacent to an activating group) is 1. The molecule has 116 heavy (non-hydrogen) atoms. The van der Waals surface area contributed by atoms with Gasteiger partial charge < -0.3 is 39.0 Å². The first-order chi connectivity index (χ1) is 56.6. The topological polar surface area (TPSA) is 374 Å². The first-order valence-electron chi connectivity index (χ1n) is 38.6. The minimum atomic E-state index is -0.582. The van der Waals surface area contributed by atoms with Crippen LogP contribution in [0.15, 0.2) is 196 Å². The molecule has 4 saturated heterocycles. The molecule has 0 bridgehead atoms. The number of piperidine rings is 4. The number of nitrogens with one attached hydrogen (secondary N) is 1. The Kier molecular flexibility index (Phi) is 19.6. The van der Waals surface area contributed by atoms with Crippen LogP contribution in [0, 0.1) is 43.9 Å². The van der Waals surface area contributed by atoms with Crippen LogP contribution in [0.5, 0.6) is 0 Å². The molecular weight excluding hydrogens is 1500 g/mol. The Hall–Kier alpha value is -13.6. The summed E-state index contributed by atoms with van der Waals surface area (Å²) in [6.45, 7) is 3.99. The molecule has 6 aliphatic heterocycles. The van der Waals surface area contributed by atoms with Crippen molar-refractivity contribution in [3.05, 3.63) is 227 Å². The van der Waals surface area contributed by atoms with Crippen molar-refractivity contribution in [3.63, 3.8) is 0 Å². The summed E-state index contributed by atoms with van der Waals surface area (Å²) in [6.07, 6.45) is 27.8. The largest absolute Gasteiger partial charge is 0.464 e. The second kappa shape index (κ2) is 30.7. The lowest BCUT2D eigenvalue weighted by atomic mass is 9.97. The number of H-pyrrole nitrogens is 1. The molecular formula is C82H76ClN23O10. The lowest BCUT2D eigenvalue weighted by Crippen LogP contribution is -2.51. The van der Waals surface area contributed by atoms with E-state index in [9.17, 15) is 39.4 Å². The summed E-state index contributed by atoms with van der Waals surface area (Å²) < 4.78 is 15.8. The molecule has 12 aromatic rings. The number of hydrogen-bond donors (Lipinski definition) is 1. The van der Waals surface area contributed by atoms with E-state index >= 15 is 0 Å². The number of aromatic amines is 1. The molecule has 33 nitrogen and oxygen atoms in total. The quantitative estimate of drug-likeness (QED) is 0.0431. The second-order valence-corrected chi connectivity index (χ2v) is 30.2. The van der Waals surface area contributed by atoms with Crippen LogP contribution in [0.4, 0.5) is 40.3 Å². The van der Waals surface area contributed by atoms with Crippen LogP contribution >= 0.6 is 11.6 Å². The van der Waals surface area contributed by atoms with E-state index < -0.39 is 21.9 Å². The number of imidazole rings is 4. The Balaban J connectivity index is 0.000000103. The van der Waals surface area contributed by atoms with Gasteiger partial charge in [-0.25, -0.2) is 49.5 Å². The summed E-state index contributed by atoms with van der Waals surface area (Å²) in [7, 11) is 1.82. The maximum absolute atomic E-state index is 12.7. The molecule has 4 aliphatic carbocycles. The zero-order valence-corrected chi connectivity index (χ0v) is 63.7. The lowest BCUT2D eigenvalue weighted by Gasteiger charge is -2.38. The first kappa shape index (κ1) is 73.9. The first-order valence-corrected chi connectivity index (χ1v) is 39.0. The molecule has 14 heterocycles.